The summed E-state index contributed by atoms with van der Waals surface area (Å²) in [6.45, 7) is 2.13. The molecule has 0 aromatic carbocycles. The molecule has 3 aromatic rings. The maximum Gasteiger partial charge on any atom is 0.225 e. The van der Waals surface area contributed by atoms with Crippen molar-refractivity contribution < 1.29 is 0 Å². The number of anilines is 2. The van der Waals surface area contributed by atoms with Crippen molar-refractivity contribution in [3.05, 3.63) is 23.1 Å². The van der Waals surface area contributed by atoms with Crippen LogP contribution in [0.3, 0.4) is 0 Å². The Balaban J connectivity index is 1.86. The van der Waals surface area contributed by atoms with Crippen LogP contribution in [0.15, 0.2) is 17.4 Å². The predicted octanol–water partition coefficient (Wildman–Crippen LogP) is 1.90. The highest BCUT2D eigenvalue weighted by Crippen LogP contribution is 2.32. The third kappa shape index (κ3) is 3.03. The SMILES string of the molecule is CCc1cc2c(SCc3nc(N)nc(N)n3)ncnc2s1. The van der Waals surface area contributed by atoms with Crippen molar-refractivity contribution in [2.24, 2.45) is 0 Å². The van der Waals surface area contributed by atoms with Crippen LogP contribution in [-0.4, -0.2) is 24.9 Å². The van der Waals surface area contributed by atoms with Crippen LogP contribution < -0.4 is 11.5 Å². The first kappa shape index (κ1) is 14.0. The number of hydrogen-bond acceptors (Lipinski definition) is 9. The highest BCUT2D eigenvalue weighted by Gasteiger charge is 2.10. The zero-order chi connectivity index (χ0) is 14.8. The van der Waals surface area contributed by atoms with Gasteiger partial charge in [-0.05, 0) is 12.5 Å². The van der Waals surface area contributed by atoms with Crippen molar-refractivity contribution >= 4 is 45.2 Å². The van der Waals surface area contributed by atoms with Gasteiger partial charge in [0.1, 0.15) is 22.0 Å². The Morgan fingerprint density at radius 3 is 2.62 bits per heavy atom. The summed E-state index contributed by atoms with van der Waals surface area (Å²) in [7, 11) is 0. The molecule has 108 valence electrons. The summed E-state index contributed by atoms with van der Waals surface area (Å²) in [5.41, 5.74) is 11.1. The Bertz CT molecular complexity index is 766. The summed E-state index contributed by atoms with van der Waals surface area (Å²) < 4.78 is 0. The number of thiophene rings is 1. The Kier molecular flexibility index (Phi) is 3.84. The second kappa shape index (κ2) is 5.78. The number of nitrogens with two attached hydrogens (primary N) is 2. The van der Waals surface area contributed by atoms with E-state index >= 15 is 0 Å². The molecule has 0 amide bonds. The number of nitrogens with zero attached hydrogens (tertiary/aromatic N) is 5. The molecule has 0 saturated heterocycles. The van der Waals surface area contributed by atoms with Crippen LogP contribution in [-0.2, 0) is 12.2 Å². The quantitative estimate of drug-likeness (QED) is 0.553. The van der Waals surface area contributed by atoms with Crippen LogP contribution in [0.4, 0.5) is 11.9 Å². The Labute approximate surface area is 129 Å². The number of aryl methyl sites for hydroxylation is 1. The van der Waals surface area contributed by atoms with E-state index in [1.54, 1.807) is 17.7 Å². The molecule has 0 atom stereocenters. The molecule has 0 aliphatic carbocycles. The van der Waals surface area contributed by atoms with E-state index in [0.717, 1.165) is 21.7 Å². The average molecular weight is 319 g/mol. The highest BCUT2D eigenvalue weighted by molar-refractivity contribution is 7.98. The molecule has 3 aromatic heterocycles. The summed E-state index contributed by atoms with van der Waals surface area (Å²) in [4.78, 5) is 22.8. The Morgan fingerprint density at radius 1 is 1.14 bits per heavy atom. The van der Waals surface area contributed by atoms with Crippen LogP contribution in [0, 0.1) is 0 Å². The lowest BCUT2D eigenvalue weighted by Gasteiger charge is -2.02. The molecule has 0 radical (unpaired) electrons. The van der Waals surface area contributed by atoms with E-state index in [9.17, 15) is 0 Å². The van der Waals surface area contributed by atoms with E-state index < -0.39 is 0 Å². The minimum atomic E-state index is 0.134. The molecule has 0 spiro atoms. The summed E-state index contributed by atoms with van der Waals surface area (Å²) >= 11 is 3.23. The number of thioether (sulfide) groups is 1. The molecular formula is C12H13N7S2. The van der Waals surface area contributed by atoms with Gasteiger partial charge in [0.15, 0.2) is 0 Å². The van der Waals surface area contributed by atoms with Crippen molar-refractivity contribution in [2.75, 3.05) is 11.5 Å². The van der Waals surface area contributed by atoms with Gasteiger partial charge in [-0.25, -0.2) is 9.97 Å². The summed E-state index contributed by atoms with van der Waals surface area (Å²) in [6.07, 6.45) is 2.57. The molecule has 7 nitrogen and oxygen atoms in total. The largest absolute Gasteiger partial charge is 0.368 e. The van der Waals surface area contributed by atoms with E-state index in [2.05, 4.69) is 37.9 Å². The number of fused-ring (bicyclic) bond motifs is 1. The lowest BCUT2D eigenvalue weighted by molar-refractivity contribution is 0.985. The molecule has 0 aliphatic heterocycles. The van der Waals surface area contributed by atoms with Gasteiger partial charge < -0.3 is 11.5 Å². The second-order valence-corrected chi connectivity index (χ2v) is 6.30. The first-order valence-electron chi connectivity index (χ1n) is 6.28. The van der Waals surface area contributed by atoms with Crippen molar-refractivity contribution in [3.8, 4) is 0 Å². The molecule has 21 heavy (non-hydrogen) atoms. The average Bonchev–Trinajstić information content (AvgIpc) is 2.87. The van der Waals surface area contributed by atoms with E-state index in [0.29, 0.717) is 11.6 Å². The molecular weight excluding hydrogens is 306 g/mol. The molecule has 0 unspecified atom stereocenters. The molecule has 0 saturated carbocycles. The number of aromatic nitrogens is 5. The maximum absolute atomic E-state index is 5.56. The van der Waals surface area contributed by atoms with E-state index in [1.807, 2.05) is 0 Å². The first-order chi connectivity index (χ1) is 10.2. The summed E-state index contributed by atoms with van der Waals surface area (Å²) in [5, 5.41) is 1.98. The van der Waals surface area contributed by atoms with E-state index in [-0.39, 0.29) is 11.9 Å². The molecule has 4 N–H and O–H groups in total. The monoisotopic (exact) mass is 319 g/mol. The maximum atomic E-state index is 5.56. The van der Waals surface area contributed by atoms with Crippen LogP contribution in [0.2, 0.25) is 0 Å². The number of hydrogen-bond donors (Lipinski definition) is 2. The van der Waals surface area contributed by atoms with Crippen molar-refractivity contribution in [2.45, 2.75) is 24.1 Å². The van der Waals surface area contributed by atoms with Gasteiger partial charge in [0, 0.05) is 10.3 Å². The van der Waals surface area contributed by atoms with Gasteiger partial charge in [-0.2, -0.15) is 15.0 Å². The summed E-state index contributed by atoms with van der Waals surface area (Å²) in [6, 6.07) is 2.14. The zero-order valence-electron chi connectivity index (χ0n) is 11.3. The number of rotatable bonds is 4. The minimum Gasteiger partial charge on any atom is -0.368 e. The Morgan fingerprint density at radius 2 is 1.90 bits per heavy atom. The van der Waals surface area contributed by atoms with E-state index in [4.69, 9.17) is 11.5 Å². The molecule has 0 aliphatic rings. The fraction of sp³-hybridized carbons (Fsp3) is 0.250. The number of nitrogen functional groups attached to an aromatic ring is 2. The van der Waals surface area contributed by atoms with Gasteiger partial charge in [-0.1, -0.05) is 18.7 Å². The van der Waals surface area contributed by atoms with Crippen LogP contribution in [0.25, 0.3) is 10.2 Å². The van der Waals surface area contributed by atoms with E-state index in [1.165, 1.54) is 16.6 Å². The second-order valence-electron chi connectivity index (χ2n) is 4.22. The topological polar surface area (TPSA) is 116 Å². The molecule has 3 heterocycles. The fourth-order valence-corrected chi connectivity index (χ4v) is 3.65. The third-order valence-electron chi connectivity index (χ3n) is 2.75. The molecule has 9 heteroatoms. The van der Waals surface area contributed by atoms with Gasteiger partial charge in [0.05, 0.1) is 5.75 Å². The van der Waals surface area contributed by atoms with Crippen molar-refractivity contribution in [1.29, 1.82) is 0 Å². The van der Waals surface area contributed by atoms with Crippen LogP contribution >= 0.6 is 23.1 Å². The Hall–Kier alpha value is -2.00. The van der Waals surface area contributed by atoms with Crippen LogP contribution in [0.1, 0.15) is 17.6 Å². The zero-order valence-corrected chi connectivity index (χ0v) is 12.9. The third-order valence-corrected chi connectivity index (χ3v) is 4.94. The first-order valence-corrected chi connectivity index (χ1v) is 8.08. The highest BCUT2D eigenvalue weighted by atomic mass is 32.2. The standard InChI is InChI=1S/C12H13N7S2/c1-2-6-3-7-9(15-5-16-10(7)21-6)20-4-8-17-11(13)19-12(14)18-8/h3,5H,2,4H2,1H3,(H4,13,14,17,18,19). The minimum absolute atomic E-state index is 0.134. The summed E-state index contributed by atoms with van der Waals surface area (Å²) in [5.74, 6) is 1.34. The van der Waals surface area contributed by atoms with Gasteiger partial charge in [0.25, 0.3) is 0 Å². The van der Waals surface area contributed by atoms with Gasteiger partial charge in [-0.15, -0.1) is 11.3 Å². The lowest BCUT2D eigenvalue weighted by Crippen LogP contribution is -2.06. The van der Waals surface area contributed by atoms with Gasteiger partial charge >= 0.3 is 0 Å². The van der Waals surface area contributed by atoms with Gasteiger partial charge in [-0.3, -0.25) is 0 Å². The smallest absolute Gasteiger partial charge is 0.225 e. The van der Waals surface area contributed by atoms with Crippen LogP contribution in [0.5, 0.6) is 0 Å². The predicted molar refractivity (Wildman–Crippen MR) is 85.0 cm³/mol. The molecule has 3 rings (SSSR count). The normalized spacial score (nSPS) is 11.1. The molecule has 0 fully saturated rings. The van der Waals surface area contributed by atoms with Crippen molar-refractivity contribution in [1.82, 2.24) is 24.9 Å². The fourth-order valence-electron chi connectivity index (χ4n) is 1.83. The molecule has 0 bridgehead atoms. The van der Waals surface area contributed by atoms with Crippen molar-refractivity contribution in [3.63, 3.8) is 0 Å². The van der Waals surface area contributed by atoms with Gasteiger partial charge in [0.2, 0.25) is 11.9 Å². The lowest BCUT2D eigenvalue weighted by atomic mass is 10.3.